The van der Waals surface area contributed by atoms with Crippen molar-refractivity contribution in [2.45, 2.75) is 19.3 Å². The number of carbonyl (C=O) groups excluding carboxylic acids is 1. The van der Waals surface area contributed by atoms with Gasteiger partial charge in [-0.15, -0.1) is 0 Å². The van der Waals surface area contributed by atoms with Gasteiger partial charge in [-0.2, -0.15) is 0 Å². The van der Waals surface area contributed by atoms with Crippen LogP contribution >= 0.6 is 0 Å². The molecule has 0 aromatic heterocycles. The Morgan fingerprint density at radius 1 is 1.29 bits per heavy atom. The zero-order valence-corrected chi connectivity index (χ0v) is 12.5. The van der Waals surface area contributed by atoms with E-state index in [1.165, 1.54) is 0 Å². The first-order valence-corrected chi connectivity index (χ1v) is 7.09. The summed E-state index contributed by atoms with van der Waals surface area (Å²) in [5, 5.41) is 2.83. The molecule has 21 heavy (non-hydrogen) atoms. The molecule has 112 valence electrons. The van der Waals surface area contributed by atoms with Crippen LogP contribution in [0.15, 0.2) is 42.5 Å². The summed E-state index contributed by atoms with van der Waals surface area (Å²) in [6.07, 6.45) is 11.1. The summed E-state index contributed by atoms with van der Waals surface area (Å²) in [7, 11) is 3.16. The molecule has 0 saturated carbocycles. The Morgan fingerprint density at radius 3 is 2.81 bits per heavy atom. The molecule has 0 aliphatic heterocycles. The number of carbonyl (C=O) groups is 1. The highest BCUT2D eigenvalue weighted by molar-refractivity contribution is 6.00. The molecule has 0 bridgehead atoms. The van der Waals surface area contributed by atoms with Crippen LogP contribution in [0.3, 0.4) is 0 Å². The van der Waals surface area contributed by atoms with E-state index in [9.17, 15) is 4.79 Å². The Bertz CT molecular complexity index is 549. The highest BCUT2D eigenvalue weighted by Crippen LogP contribution is 2.29. The smallest absolute Gasteiger partial charge is 0.248 e. The number of hydrogen-bond acceptors (Lipinski definition) is 3. The highest BCUT2D eigenvalue weighted by atomic mass is 16.5. The summed E-state index contributed by atoms with van der Waals surface area (Å²) in [5.41, 5.74) is 0.607. The summed E-state index contributed by atoms with van der Waals surface area (Å²) in [6.45, 7) is 0. The van der Waals surface area contributed by atoms with E-state index in [-0.39, 0.29) is 5.91 Å². The minimum atomic E-state index is -0.156. The Hall–Kier alpha value is -2.23. The standard InChI is InChI=1S/C17H21NO3/c1-20-14-9-10-16(21-2)15(12-14)18-17(19)11-8-13-6-4-3-5-7-13/h3-4,8-13H,5-7H2,1-2H3,(H,18,19)/b11-8+/t13-/m0/s1. The number of benzene rings is 1. The molecule has 0 fully saturated rings. The van der Waals surface area contributed by atoms with Crippen LogP contribution in [0.2, 0.25) is 0 Å². The first kappa shape index (κ1) is 15.2. The summed E-state index contributed by atoms with van der Waals surface area (Å²) < 4.78 is 10.4. The van der Waals surface area contributed by atoms with E-state index in [0.29, 0.717) is 23.1 Å². The molecule has 0 spiro atoms. The number of allylic oxidation sites excluding steroid dienone is 3. The van der Waals surface area contributed by atoms with Crippen molar-refractivity contribution < 1.29 is 14.3 Å². The van der Waals surface area contributed by atoms with Crippen molar-refractivity contribution in [1.29, 1.82) is 0 Å². The number of nitrogens with one attached hydrogen (secondary N) is 1. The Morgan fingerprint density at radius 2 is 2.14 bits per heavy atom. The maximum atomic E-state index is 12.0. The topological polar surface area (TPSA) is 47.6 Å². The molecule has 0 unspecified atom stereocenters. The van der Waals surface area contributed by atoms with Crippen molar-refractivity contribution in [3.05, 3.63) is 42.5 Å². The van der Waals surface area contributed by atoms with Gasteiger partial charge in [0.15, 0.2) is 0 Å². The predicted molar refractivity (Wildman–Crippen MR) is 83.8 cm³/mol. The molecule has 1 aliphatic rings. The molecule has 0 saturated heterocycles. The van der Waals surface area contributed by atoms with Gasteiger partial charge in [0, 0.05) is 6.07 Å². The second kappa shape index (κ2) is 7.53. The number of hydrogen-bond donors (Lipinski definition) is 1. The van der Waals surface area contributed by atoms with Crippen molar-refractivity contribution in [2.24, 2.45) is 5.92 Å². The van der Waals surface area contributed by atoms with E-state index in [1.54, 1.807) is 38.5 Å². The maximum absolute atomic E-state index is 12.0. The van der Waals surface area contributed by atoms with Gasteiger partial charge in [0.2, 0.25) is 5.91 Å². The van der Waals surface area contributed by atoms with Gasteiger partial charge in [-0.3, -0.25) is 4.79 Å². The Kier molecular flexibility index (Phi) is 5.43. The van der Waals surface area contributed by atoms with Crippen LogP contribution in [0.25, 0.3) is 0 Å². The van der Waals surface area contributed by atoms with Crippen LogP contribution in [-0.2, 0) is 4.79 Å². The third-order valence-electron chi connectivity index (χ3n) is 3.49. The molecule has 1 amide bonds. The Balaban J connectivity index is 2.01. The van der Waals surface area contributed by atoms with Crippen molar-refractivity contribution in [3.63, 3.8) is 0 Å². The van der Waals surface area contributed by atoms with Crippen LogP contribution in [0, 0.1) is 5.92 Å². The van der Waals surface area contributed by atoms with Crippen LogP contribution in [0.5, 0.6) is 11.5 Å². The van der Waals surface area contributed by atoms with Crippen molar-refractivity contribution in [3.8, 4) is 11.5 Å². The van der Waals surface area contributed by atoms with E-state index in [0.717, 1.165) is 19.3 Å². The van der Waals surface area contributed by atoms with Gasteiger partial charge in [0.1, 0.15) is 11.5 Å². The molecule has 2 rings (SSSR count). The van der Waals surface area contributed by atoms with Crippen LogP contribution in [0.1, 0.15) is 19.3 Å². The normalized spacial score (nSPS) is 17.7. The van der Waals surface area contributed by atoms with Crippen molar-refractivity contribution in [1.82, 2.24) is 0 Å². The molecule has 4 heteroatoms. The average molecular weight is 287 g/mol. The monoisotopic (exact) mass is 287 g/mol. The predicted octanol–water partition coefficient (Wildman–Crippen LogP) is 3.55. The highest BCUT2D eigenvalue weighted by Gasteiger charge is 2.09. The van der Waals surface area contributed by atoms with Crippen molar-refractivity contribution in [2.75, 3.05) is 19.5 Å². The molecule has 4 nitrogen and oxygen atoms in total. The van der Waals surface area contributed by atoms with E-state index < -0.39 is 0 Å². The van der Waals surface area contributed by atoms with E-state index in [1.807, 2.05) is 6.08 Å². The SMILES string of the molecule is COc1ccc(OC)c(NC(=O)/C=C/[C@H]2CC=CCC2)c1. The molecule has 1 aromatic carbocycles. The number of amides is 1. The van der Waals surface area contributed by atoms with Crippen LogP contribution < -0.4 is 14.8 Å². The number of rotatable bonds is 5. The van der Waals surface area contributed by atoms with Gasteiger partial charge in [0.05, 0.1) is 19.9 Å². The fourth-order valence-electron chi connectivity index (χ4n) is 2.30. The van der Waals surface area contributed by atoms with E-state index in [4.69, 9.17) is 9.47 Å². The minimum Gasteiger partial charge on any atom is -0.497 e. The summed E-state index contributed by atoms with van der Waals surface area (Å²) in [5.74, 6) is 1.58. The largest absolute Gasteiger partial charge is 0.497 e. The summed E-state index contributed by atoms with van der Waals surface area (Å²) in [4.78, 5) is 12.0. The number of ether oxygens (including phenoxy) is 2. The van der Waals surface area contributed by atoms with Crippen molar-refractivity contribution >= 4 is 11.6 Å². The second-order valence-electron chi connectivity index (χ2n) is 4.96. The van der Waals surface area contributed by atoms with Gasteiger partial charge in [0.25, 0.3) is 0 Å². The van der Waals surface area contributed by atoms with Gasteiger partial charge >= 0.3 is 0 Å². The maximum Gasteiger partial charge on any atom is 0.248 e. The molecular formula is C17H21NO3. The number of anilines is 1. The zero-order valence-electron chi connectivity index (χ0n) is 12.5. The van der Waals surface area contributed by atoms with Gasteiger partial charge in [-0.25, -0.2) is 0 Å². The number of methoxy groups -OCH3 is 2. The molecule has 1 atom stereocenters. The fraction of sp³-hybridized carbons (Fsp3) is 0.353. The first-order valence-electron chi connectivity index (χ1n) is 7.09. The lowest BCUT2D eigenvalue weighted by Crippen LogP contribution is -2.10. The summed E-state index contributed by atoms with van der Waals surface area (Å²) in [6, 6.07) is 5.30. The summed E-state index contributed by atoms with van der Waals surface area (Å²) >= 11 is 0. The average Bonchev–Trinajstić information content (AvgIpc) is 2.54. The lowest BCUT2D eigenvalue weighted by molar-refractivity contribution is -0.111. The molecule has 0 heterocycles. The molecular weight excluding hydrogens is 266 g/mol. The quantitative estimate of drug-likeness (QED) is 0.665. The van der Waals surface area contributed by atoms with E-state index >= 15 is 0 Å². The minimum absolute atomic E-state index is 0.156. The van der Waals surface area contributed by atoms with Gasteiger partial charge in [-0.1, -0.05) is 18.2 Å². The lowest BCUT2D eigenvalue weighted by atomic mass is 9.94. The van der Waals surface area contributed by atoms with Crippen LogP contribution in [0.4, 0.5) is 5.69 Å². The second-order valence-corrected chi connectivity index (χ2v) is 4.96. The van der Waals surface area contributed by atoms with Gasteiger partial charge < -0.3 is 14.8 Å². The first-order chi connectivity index (χ1) is 10.2. The Labute approximate surface area is 125 Å². The molecule has 0 radical (unpaired) electrons. The lowest BCUT2D eigenvalue weighted by Gasteiger charge is -2.13. The van der Waals surface area contributed by atoms with Crippen LogP contribution in [-0.4, -0.2) is 20.1 Å². The molecule has 1 aliphatic carbocycles. The third-order valence-corrected chi connectivity index (χ3v) is 3.49. The zero-order chi connectivity index (χ0) is 15.1. The molecule has 1 aromatic rings. The van der Waals surface area contributed by atoms with E-state index in [2.05, 4.69) is 17.5 Å². The van der Waals surface area contributed by atoms with Gasteiger partial charge in [-0.05, 0) is 43.4 Å². The molecule has 1 N–H and O–H groups in total. The fourth-order valence-corrected chi connectivity index (χ4v) is 2.30. The third kappa shape index (κ3) is 4.38.